The molecule has 0 bridgehead atoms. The van der Waals surface area contributed by atoms with Crippen molar-refractivity contribution < 1.29 is 0 Å². The number of halogens is 2. The quantitative estimate of drug-likeness (QED) is 0.800. The van der Waals surface area contributed by atoms with Gasteiger partial charge in [-0.3, -0.25) is 0 Å². The first kappa shape index (κ1) is 12.8. The van der Waals surface area contributed by atoms with Crippen molar-refractivity contribution in [1.82, 2.24) is 14.5 Å². The van der Waals surface area contributed by atoms with Gasteiger partial charge in [0.05, 0.1) is 0 Å². The zero-order chi connectivity index (χ0) is 12.4. The molecular formula is C12H15BrClN3. The maximum Gasteiger partial charge on any atom is 0.160 e. The van der Waals surface area contributed by atoms with Gasteiger partial charge in [0.15, 0.2) is 5.65 Å². The molecule has 17 heavy (non-hydrogen) atoms. The summed E-state index contributed by atoms with van der Waals surface area (Å²) in [5, 5.41) is 0. The molecule has 2 aromatic rings. The summed E-state index contributed by atoms with van der Waals surface area (Å²) in [6.45, 7) is 4.35. The van der Waals surface area contributed by atoms with E-state index < -0.39 is 0 Å². The number of rotatable bonds is 4. The molecular weight excluding hydrogens is 302 g/mol. The smallest absolute Gasteiger partial charge is 0.160 e. The van der Waals surface area contributed by atoms with E-state index in [9.17, 15) is 0 Å². The molecule has 2 aromatic heterocycles. The van der Waals surface area contributed by atoms with E-state index in [2.05, 4.69) is 44.3 Å². The highest BCUT2D eigenvalue weighted by molar-refractivity contribution is 9.10. The minimum absolute atomic E-state index is 0.395. The molecule has 0 aromatic carbocycles. The summed E-state index contributed by atoms with van der Waals surface area (Å²) in [6, 6.07) is 2.39. The van der Waals surface area contributed by atoms with Crippen molar-refractivity contribution >= 4 is 38.7 Å². The summed E-state index contributed by atoms with van der Waals surface area (Å²) in [5.41, 5.74) is 1.88. The summed E-state index contributed by atoms with van der Waals surface area (Å²) in [5.74, 6) is 1.61. The number of hydrogen-bond acceptors (Lipinski definition) is 2. The number of hydrogen-bond donors (Lipinski definition) is 0. The molecule has 0 aliphatic rings. The third-order valence-corrected chi connectivity index (χ3v) is 3.54. The second kappa shape index (κ2) is 5.36. The zero-order valence-electron chi connectivity index (χ0n) is 9.95. The lowest BCUT2D eigenvalue weighted by Crippen LogP contribution is -2.09. The molecule has 2 heterocycles. The fourth-order valence-electron chi connectivity index (χ4n) is 1.91. The molecule has 0 amide bonds. The minimum atomic E-state index is 0.395. The number of aryl methyl sites for hydroxylation is 1. The second-order valence-corrected chi connectivity index (χ2v) is 5.38. The summed E-state index contributed by atoms with van der Waals surface area (Å²) < 4.78 is 3.15. The van der Waals surface area contributed by atoms with E-state index in [1.807, 2.05) is 12.3 Å². The molecule has 0 radical (unpaired) electrons. The largest absolute Gasteiger partial charge is 0.310 e. The highest BCUT2D eigenvalue weighted by atomic mass is 79.9. The lowest BCUT2D eigenvalue weighted by molar-refractivity contribution is 0.521. The van der Waals surface area contributed by atoms with Gasteiger partial charge in [0.1, 0.15) is 11.3 Å². The van der Waals surface area contributed by atoms with Gasteiger partial charge in [-0.1, -0.05) is 6.92 Å². The predicted molar refractivity (Wildman–Crippen MR) is 74.7 cm³/mol. The van der Waals surface area contributed by atoms with Crippen molar-refractivity contribution in [2.45, 2.75) is 32.7 Å². The molecule has 0 fully saturated rings. The molecule has 3 nitrogen and oxygen atoms in total. The molecule has 0 N–H and O–H groups in total. The zero-order valence-corrected chi connectivity index (χ0v) is 12.3. The molecule has 0 saturated heterocycles. The summed E-state index contributed by atoms with van der Waals surface area (Å²) in [6.07, 6.45) is 3.64. The van der Waals surface area contributed by atoms with Crippen molar-refractivity contribution in [1.29, 1.82) is 0 Å². The molecule has 0 aliphatic carbocycles. The third-order valence-electron chi connectivity index (χ3n) is 2.92. The molecule has 92 valence electrons. The van der Waals surface area contributed by atoms with Crippen LogP contribution in [0, 0.1) is 0 Å². The Balaban J connectivity index is 2.62. The Kier molecular flexibility index (Phi) is 4.05. The Morgan fingerprint density at radius 2 is 2.29 bits per heavy atom. The Morgan fingerprint density at radius 3 is 2.94 bits per heavy atom. The van der Waals surface area contributed by atoms with Gasteiger partial charge in [-0.25, -0.2) is 9.97 Å². The van der Waals surface area contributed by atoms with Crippen molar-refractivity contribution in [2.75, 3.05) is 5.88 Å². The van der Waals surface area contributed by atoms with Crippen LogP contribution in [0.15, 0.2) is 16.7 Å². The minimum Gasteiger partial charge on any atom is -0.310 e. The highest BCUT2D eigenvalue weighted by Crippen LogP contribution is 2.24. The van der Waals surface area contributed by atoms with Crippen molar-refractivity contribution in [2.24, 2.45) is 0 Å². The fraction of sp³-hybridized carbons (Fsp3) is 0.500. The van der Waals surface area contributed by atoms with E-state index in [-0.39, 0.29) is 0 Å². The SMILES string of the molecule is CCC(C)n1c(CCCl)nc2cc(Br)cnc21. The normalized spacial score (nSPS) is 13.2. The average Bonchev–Trinajstić information content (AvgIpc) is 2.65. The standard InChI is InChI=1S/C12H15BrClN3/c1-3-8(2)17-11(4-5-14)16-10-6-9(13)7-15-12(10)17/h6-8H,3-5H2,1-2H3. The fourth-order valence-corrected chi connectivity index (χ4v) is 2.40. The van der Waals surface area contributed by atoms with Gasteiger partial charge in [0, 0.05) is 29.0 Å². The molecule has 2 rings (SSSR count). The lowest BCUT2D eigenvalue weighted by atomic mass is 10.2. The molecule has 1 atom stereocenters. The molecule has 0 aliphatic heterocycles. The van der Waals surface area contributed by atoms with Crippen LogP contribution < -0.4 is 0 Å². The first-order chi connectivity index (χ1) is 8.17. The van der Waals surface area contributed by atoms with Crippen LogP contribution in [-0.4, -0.2) is 20.4 Å². The van der Waals surface area contributed by atoms with Crippen LogP contribution in [0.25, 0.3) is 11.2 Å². The summed E-state index contributed by atoms with van der Waals surface area (Å²) >= 11 is 9.25. The summed E-state index contributed by atoms with van der Waals surface area (Å²) in [4.78, 5) is 9.08. The van der Waals surface area contributed by atoms with Gasteiger partial charge < -0.3 is 4.57 Å². The molecule has 5 heteroatoms. The molecule has 0 saturated carbocycles. The van der Waals surface area contributed by atoms with Gasteiger partial charge >= 0.3 is 0 Å². The first-order valence-corrected chi connectivity index (χ1v) is 7.08. The second-order valence-electron chi connectivity index (χ2n) is 4.09. The predicted octanol–water partition coefficient (Wildman–Crippen LogP) is 3.95. The van der Waals surface area contributed by atoms with E-state index in [4.69, 9.17) is 11.6 Å². The van der Waals surface area contributed by atoms with E-state index in [1.54, 1.807) is 0 Å². The topological polar surface area (TPSA) is 30.7 Å². The lowest BCUT2D eigenvalue weighted by Gasteiger charge is -2.14. The number of alkyl halides is 1. The maximum absolute atomic E-state index is 5.83. The van der Waals surface area contributed by atoms with Crippen molar-refractivity contribution in [3.8, 4) is 0 Å². The Bertz CT molecular complexity index is 524. The summed E-state index contributed by atoms with van der Waals surface area (Å²) in [7, 11) is 0. The highest BCUT2D eigenvalue weighted by Gasteiger charge is 2.15. The monoisotopic (exact) mass is 315 g/mol. The number of imidazole rings is 1. The molecule has 0 spiro atoms. The Morgan fingerprint density at radius 1 is 1.53 bits per heavy atom. The Labute approximate surface area is 114 Å². The van der Waals surface area contributed by atoms with Gasteiger partial charge in [-0.2, -0.15) is 0 Å². The van der Waals surface area contributed by atoms with E-state index in [0.29, 0.717) is 11.9 Å². The van der Waals surface area contributed by atoms with Crippen molar-refractivity contribution in [3.05, 3.63) is 22.6 Å². The van der Waals surface area contributed by atoms with Gasteiger partial charge in [-0.15, -0.1) is 11.6 Å². The maximum atomic E-state index is 5.83. The van der Waals surface area contributed by atoms with Crippen LogP contribution in [0.5, 0.6) is 0 Å². The number of aromatic nitrogens is 3. The Hall–Kier alpha value is -0.610. The number of fused-ring (bicyclic) bond motifs is 1. The van der Waals surface area contributed by atoms with E-state index >= 15 is 0 Å². The molecule has 1 unspecified atom stereocenters. The third kappa shape index (κ3) is 2.47. The first-order valence-electron chi connectivity index (χ1n) is 5.75. The van der Waals surface area contributed by atoms with Crippen LogP contribution in [-0.2, 0) is 6.42 Å². The van der Waals surface area contributed by atoms with Crippen molar-refractivity contribution in [3.63, 3.8) is 0 Å². The number of nitrogens with zero attached hydrogens (tertiary/aromatic N) is 3. The number of pyridine rings is 1. The van der Waals surface area contributed by atoms with E-state index in [1.165, 1.54) is 0 Å². The van der Waals surface area contributed by atoms with Crippen LogP contribution in [0.1, 0.15) is 32.1 Å². The van der Waals surface area contributed by atoms with Crippen LogP contribution in [0.4, 0.5) is 0 Å². The van der Waals surface area contributed by atoms with Crippen LogP contribution in [0.2, 0.25) is 0 Å². The van der Waals surface area contributed by atoms with Gasteiger partial charge in [0.25, 0.3) is 0 Å². The van der Waals surface area contributed by atoms with Crippen LogP contribution >= 0.6 is 27.5 Å². The van der Waals surface area contributed by atoms with Gasteiger partial charge in [0.2, 0.25) is 0 Å². The van der Waals surface area contributed by atoms with E-state index in [0.717, 1.165) is 34.3 Å². The van der Waals surface area contributed by atoms with Crippen LogP contribution in [0.3, 0.4) is 0 Å². The van der Waals surface area contributed by atoms with Gasteiger partial charge in [-0.05, 0) is 35.3 Å². The average molecular weight is 317 g/mol.